The van der Waals surface area contributed by atoms with Gasteiger partial charge in [0.1, 0.15) is 5.76 Å². The highest BCUT2D eigenvalue weighted by Crippen LogP contribution is 2.24. The summed E-state index contributed by atoms with van der Waals surface area (Å²) in [6.07, 6.45) is 5.84. The maximum atomic E-state index is 12.5. The number of furan rings is 1. The van der Waals surface area contributed by atoms with Crippen LogP contribution in [0.15, 0.2) is 45.9 Å². The summed E-state index contributed by atoms with van der Waals surface area (Å²) in [7, 11) is -1.93. The monoisotopic (exact) mass is 390 g/mol. The lowest BCUT2D eigenvalue weighted by atomic mass is 9.92. The second-order valence-corrected chi connectivity index (χ2v) is 8.75. The first kappa shape index (κ1) is 19.6. The smallest absolute Gasteiger partial charge is 0.240 e. The molecule has 6 nitrogen and oxygen atoms in total. The molecular formula is C20H26N2O4S. The van der Waals surface area contributed by atoms with Gasteiger partial charge in [-0.1, -0.05) is 6.07 Å². The number of aryl methyl sites for hydroxylation is 2. The number of fused-ring (bicyclic) bond motifs is 1. The quantitative estimate of drug-likeness (QED) is 0.788. The first-order valence-corrected chi connectivity index (χ1v) is 10.8. The molecule has 0 radical (unpaired) electrons. The highest BCUT2D eigenvalue weighted by molar-refractivity contribution is 7.89. The van der Waals surface area contributed by atoms with Gasteiger partial charge in [-0.05, 0) is 68.0 Å². The van der Waals surface area contributed by atoms with E-state index < -0.39 is 10.0 Å². The van der Waals surface area contributed by atoms with Gasteiger partial charge in [0.05, 0.1) is 17.2 Å². The Morgan fingerprint density at radius 1 is 1.22 bits per heavy atom. The largest absolute Gasteiger partial charge is 0.467 e. The van der Waals surface area contributed by atoms with E-state index in [9.17, 15) is 13.2 Å². The minimum Gasteiger partial charge on any atom is -0.467 e. The van der Waals surface area contributed by atoms with Crippen molar-refractivity contribution in [2.45, 2.75) is 50.0 Å². The molecule has 27 heavy (non-hydrogen) atoms. The van der Waals surface area contributed by atoms with E-state index in [1.54, 1.807) is 36.4 Å². The predicted molar refractivity (Wildman–Crippen MR) is 103 cm³/mol. The fourth-order valence-electron chi connectivity index (χ4n) is 3.36. The Kier molecular flexibility index (Phi) is 6.01. The number of carbonyl (C=O) groups excluding carboxylic acids is 1. The number of benzene rings is 1. The summed E-state index contributed by atoms with van der Waals surface area (Å²) in [5.41, 5.74) is 2.36. The van der Waals surface area contributed by atoms with Crippen molar-refractivity contribution < 1.29 is 17.6 Å². The van der Waals surface area contributed by atoms with Gasteiger partial charge in [0.15, 0.2) is 0 Å². The summed E-state index contributed by atoms with van der Waals surface area (Å²) in [5, 5.41) is 0. The lowest BCUT2D eigenvalue weighted by Gasteiger charge is -2.23. The predicted octanol–water partition coefficient (Wildman–Crippen LogP) is 3.05. The Hall–Kier alpha value is -2.12. The van der Waals surface area contributed by atoms with Gasteiger partial charge in [0.25, 0.3) is 0 Å². The Morgan fingerprint density at radius 3 is 2.67 bits per heavy atom. The maximum absolute atomic E-state index is 12.5. The van der Waals surface area contributed by atoms with Gasteiger partial charge in [-0.25, -0.2) is 13.1 Å². The van der Waals surface area contributed by atoms with E-state index in [-0.39, 0.29) is 29.8 Å². The van der Waals surface area contributed by atoms with Crippen molar-refractivity contribution in [1.82, 2.24) is 9.62 Å². The van der Waals surface area contributed by atoms with E-state index >= 15 is 0 Å². The second-order valence-electron chi connectivity index (χ2n) is 6.98. The Balaban J connectivity index is 1.56. The number of rotatable bonds is 7. The summed E-state index contributed by atoms with van der Waals surface area (Å²) < 4.78 is 32.9. The molecule has 0 saturated heterocycles. The molecule has 1 aliphatic carbocycles. The van der Waals surface area contributed by atoms with Gasteiger partial charge in [0, 0.05) is 20.0 Å². The molecule has 1 aromatic carbocycles. The van der Waals surface area contributed by atoms with Crippen LogP contribution in [0.3, 0.4) is 0 Å². The molecule has 1 aromatic heterocycles. The van der Waals surface area contributed by atoms with Crippen molar-refractivity contribution in [2.75, 3.05) is 13.6 Å². The standard InChI is InChI=1S/C20H26N2O4S/c1-15(19-8-5-13-26-19)22(2)20(23)11-12-21-27(24,25)18-10-9-16-6-3-4-7-17(16)14-18/h5,8-10,13-15,21H,3-4,6-7,11-12H2,1-2H3. The van der Waals surface area contributed by atoms with Crippen LogP contribution < -0.4 is 4.72 Å². The Morgan fingerprint density at radius 2 is 1.96 bits per heavy atom. The second kappa shape index (κ2) is 8.27. The molecule has 146 valence electrons. The average molecular weight is 391 g/mol. The number of carbonyl (C=O) groups is 1. The molecule has 1 heterocycles. The van der Waals surface area contributed by atoms with E-state index in [0.29, 0.717) is 5.76 Å². The molecule has 3 rings (SSSR count). The molecule has 0 fully saturated rings. The average Bonchev–Trinajstić information content (AvgIpc) is 3.21. The minimum absolute atomic E-state index is 0.0630. The zero-order valence-electron chi connectivity index (χ0n) is 15.8. The zero-order valence-corrected chi connectivity index (χ0v) is 16.6. The third-order valence-electron chi connectivity index (χ3n) is 5.19. The van der Waals surface area contributed by atoms with E-state index in [0.717, 1.165) is 31.2 Å². The van der Waals surface area contributed by atoms with Gasteiger partial charge in [-0.3, -0.25) is 4.79 Å². The lowest BCUT2D eigenvalue weighted by molar-refractivity contribution is -0.131. The van der Waals surface area contributed by atoms with Crippen molar-refractivity contribution in [2.24, 2.45) is 0 Å². The van der Waals surface area contributed by atoms with Crippen molar-refractivity contribution in [3.05, 3.63) is 53.5 Å². The van der Waals surface area contributed by atoms with Crippen LogP contribution in [0.4, 0.5) is 0 Å². The molecule has 1 amide bonds. The third kappa shape index (κ3) is 4.59. The lowest BCUT2D eigenvalue weighted by Crippen LogP contribution is -2.33. The molecule has 7 heteroatoms. The van der Waals surface area contributed by atoms with E-state index in [2.05, 4.69) is 4.72 Å². The van der Waals surface area contributed by atoms with Gasteiger partial charge < -0.3 is 9.32 Å². The van der Waals surface area contributed by atoms with Crippen LogP contribution in [0.2, 0.25) is 0 Å². The number of sulfonamides is 1. The first-order chi connectivity index (χ1) is 12.9. The number of nitrogens with zero attached hydrogens (tertiary/aromatic N) is 1. The molecular weight excluding hydrogens is 364 g/mol. The van der Waals surface area contributed by atoms with Crippen molar-refractivity contribution in [3.8, 4) is 0 Å². The number of nitrogens with one attached hydrogen (secondary N) is 1. The SMILES string of the molecule is CC(c1ccco1)N(C)C(=O)CCNS(=O)(=O)c1ccc2c(c1)CCCC2. The van der Waals surface area contributed by atoms with Crippen molar-refractivity contribution in [1.29, 1.82) is 0 Å². The van der Waals surface area contributed by atoms with Crippen LogP contribution in [0.5, 0.6) is 0 Å². The normalized spacial score (nSPS) is 15.2. The van der Waals surface area contributed by atoms with Crippen LogP contribution >= 0.6 is 0 Å². The number of hydrogen-bond acceptors (Lipinski definition) is 4. The summed E-state index contributed by atoms with van der Waals surface area (Å²) in [5.74, 6) is 0.549. The fraction of sp³-hybridized carbons (Fsp3) is 0.450. The minimum atomic E-state index is -3.62. The van der Waals surface area contributed by atoms with Crippen LogP contribution in [0.25, 0.3) is 0 Å². The van der Waals surface area contributed by atoms with Gasteiger partial charge in [0.2, 0.25) is 15.9 Å². The topological polar surface area (TPSA) is 79.6 Å². The molecule has 0 aliphatic heterocycles. The zero-order chi connectivity index (χ0) is 19.4. The van der Waals surface area contributed by atoms with E-state index in [1.807, 2.05) is 19.1 Å². The molecule has 1 atom stereocenters. The molecule has 1 N–H and O–H groups in total. The van der Waals surface area contributed by atoms with E-state index in [4.69, 9.17) is 4.42 Å². The third-order valence-corrected chi connectivity index (χ3v) is 6.65. The molecule has 0 spiro atoms. The van der Waals surface area contributed by atoms with E-state index in [1.165, 1.54) is 5.56 Å². The number of hydrogen-bond donors (Lipinski definition) is 1. The molecule has 1 aliphatic rings. The molecule has 0 saturated carbocycles. The van der Waals surface area contributed by atoms with Gasteiger partial charge >= 0.3 is 0 Å². The molecule has 2 aromatic rings. The first-order valence-electron chi connectivity index (χ1n) is 9.29. The van der Waals surface area contributed by atoms with Gasteiger partial charge in [-0.2, -0.15) is 0 Å². The number of amides is 1. The summed E-state index contributed by atoms with van der Waals surface area (Å²) in [6.45, 7) is 1.93. The maximum Gasteiger partial charge on any atom is 0.240 e. The van der Waals surface area contributed by atoms with Crippen LogP contribution in [-0.4, -0.2) is 32.8 Å². The highest BCUT2D eigenvalue weighted by atomic mass is 32.2. The van der Waals surface area contributed by atoms with Crippen molar-refractivity contribution >= 4 is 15.9 Å². The van der Waals surface area contributed by atoms with Crippen LogP contribution in [0, 0.1) is 0 Å². The van der Waals surface area contributed by atoms with Crippen LogP contribution in [-0.2, 0) is 27.7 Å². The Labute approximate surface area is 160 Å². The highest BCUT2D eigenvalue weighted by Gasteiger charge is 2.21. The summed E-state index contributed by atoms with van der Waals surface area (Å²) >= 11 is 0. The van der Waals surface area contributed by atoms with Crippen molar-refractivity contribution in [3.63, 3.8) is 0 Å². The van der Waals surface area contributed by atoms with Crippen LogP contribution in [0.1, 0.15) is 49.1 Å². The van der Waals surface area contributed by atoms with Gasteiger partial charge in [-0.15, -0.1) is 0 Å². The fourth-order valence-corrected chi connectivity index (χ4v) is 4.45. The molecule has 1 unspecified atom stereocenters. The Bertz CT molecular complexity index is 891. The molecule has 0 bridgehead atoms. The summed E-state index contributed by atoms with van der Waals surface area (Å²) in [4.78, 5) is 14.2. The summed E-state index contributed by atoms with van der Waals surface area (Å²) in [6, 6.07) is 8.71.